The molecule has 0 aliphatic heterocycles. The molecule has 19 heavy (non-hydrogen) atoms. The molecule has 5 heteroatoms. The average molecular weight is 278 g/mol. The molecule has 0 aliphatic rings. The van der Waals surface area contributed by atoms with Gasteiger partial charge in [-0.15, -0.1) is 0 Å². The van der Waals surface area contributed by atoms with Gasteiger partial charge in [-0.1, -0.05) is 24.6 Å². The van der Waals surface area contributed by atoms with Crippen LogP contribution < -0.4 is 10.1 Å². The van der Waals surface area contributed by atoms with Crippen LogP contribution in [-0.4, -0.2) is 16.5 Å². The molecule has 1 aromatic heterocycles. The molecule has 0 fully saturated rings. The zero-order valence-corrected chi connectivity index (χ0v) is 11.7. The van der Waals surface area contributed by atoms with E-state index in [0.717, 1.165) is 18.5 Å². The summed E-state index contributed by atoms with van der Waals surface area (Å²) in [5.74, 6) is 1.63. The highest BCUT2D eigenvalue weighted by molar-refractivity contribution is 6.32. The molecule has 0 aliphatic carbocycles. The van der Waals surface area contributed by atoms with E-state index in [1.807, 2.05) is 25.1 Å². The Morgan fingerprint density at radius 3 is 2.95 bits per heavy atom. The lowest BCUT2D eigenvalue weighted by atomic mass is 10.2. The fourth-order valence-corrected chi connectivity index (χ4v) is 1.68. The van der Waals surface area contributed by atoms with Gasteiger partial charge in [0, 0.05) is 18.8 Å². The fourth-order valence-electron chi connectivity index (χ4n) is 1.52. The van der Waals surface area contributed by atoms with Crippen LogP contribution in [0, 0.1) is 6.92 Å². The zero-order chi connectivity index (χ0) is 13.7. The molecule has 1 heterocycles. The molecule has 100 valence electrons. The van der Waals surface area contributed by atoms with E-state index in [1.54, 1.807) is 12.3 Å². The van der Waals surface area contributed by atoms with Crippen LogP contribution in [0.5, 0.6) is 11.6 Å². The first-order valence-electron chi connectivity index (χ1n) is 6.20. The van der Waals surface area contributed by atoms with Crippen molar-refractivity contribution in [1.29, 1.82) is 0 Å². The molecule has 1 aromatic carbocycles. The molecule has 0 bridgehead atoms. The summed E-state index contributed by atoms with van der Waals surface area (Å²) in [6.45, 7) is 4.89. The molecular weight excluding hydrogens is 262 g/mol. The lowest BCUT2D eigenvalue weighted by Crippen LogP contribution is -2.04. The Balaban J connectivity index is 2.16. The van der Waals surface area contributed by atoms with Crippen molar-refractivity contribution in [1.82, 2.24) is 9.97 Å². The van der Waals surface area contributed by atoms with E-state index in [1.165, 1.54) is 0 Å². The van der Waals surface area contributed by atoms with Crippen LogP contribution in [0.15, 0.2) is 30.5 Å². The summed E-state index contributed by atoms with van der Waals surface area (Å²) in [6, 6.07) is 7.33. The summed E-state index contributed by atoms with van der Waals surface area (Å²) in [6.07, 6.45) is 2.67. The van der Waals surface area contributed by atoms with Crippen LogP contribution in [0.4, 0.5) is 5.95 Å². The van der Waals surface area contributed by atoms with E-state index in [4.69, 9.17) is 16.3 Å². The molecule has 0 saturated heterocycles. The largest absolute Gasteiger partial charge is 0.437 e. The van der Waals surface area contributed by atoms with Crippen LogP contribution in [0.3, 0.4) is 0 Å². The maximum atomic E-state index is 6.09. The lowest BCUT2D eigenvalue weighted by molar-refractivity contribution is 0.462. The van der Waals surface area contributed by atoms with Crippen LogP contribution in [0.1, 0.15) is 18.9 Å². The molecule has 2 rings (SSSR count). The minimum Gasteiger partial charge on any atom is -0.437 e. The first-order chi connectivity index (χ1) is 9.19. The zero-order valence-electron chi connectivity index (χ0n) is 11.0. The third kappa shape index (κ3) is 3.83. The summed E-state index contributed by atoms with van der Waals surface area (Å²) in [5, 5.41) is 3.67. The minimum absolute atomic E-state index is 0.473. The Bertz CT molecular complexity index is 560. The number of hydrogen-bond donors (Lipinski definition) is 1. The van der Waals surface area contributed by atoms with E-state index in [-0.39, 0.29) is 0 Å². The van der Waals surface area contributed by atoms with Crippen molar-refractivity contribution < 1.29 is 4.74 Å². The van der Waals surface area contributed by atoms with E-state index in [2.05, 4.69) is 22.2 Å². The number of anilines is 1. The average Bonchev–Trinajstić information content (AvgIpc) is 2.41. The van der Waals surface area contributed by atoms with Gasteiger partial charge in [-0.3, -0.25) is 0 Å². The Labute approximate surface area is 117 Å². The SMILES string of the molecule is CCCNc1nccc(Oc2cc(C)ccc2Cl)n1. The number of halogens is 1. The quantitative estimate of drug-likeness (QED) is 0.895. The predicted molar refractivity (Wildman–Crippen MR) is 77.1 cm³/mol. The Kier molecular flexibility index (Phi) is 4.58. The first-order valence-corrected chi connectivity index (χ1v) is 6.57. The van der Waals surface area contributed by atoms with Crippen LogP contribution in [0.2, 0.25) is 5.02 Å². The number of benzene rings is 1. The number of hydrogen-bond acceptors (Lipinski definition) is 4. The topological polar surface area (TPSA) is 47.0 Å². The summed E-state index contributed by atoms with van der Waals surface area (Å²) in [7, 11) is 0. The van der Waals surface area contributed by atoms with E-state index < -0.39 is 0 Å². The second kappa shape index (κ2) is 6.38. The van der Waals surface area contributed by atoms with Gasteiger partial charge in [-0.2, -0.15) is 4.98 Å². The van der Waals surface area contributed by atoms with Gasteiger partial charge in [0.2, 0.25) is 11.8 Å². The molecule has 0 spiro atoms. The monoisotopic (exact) mass is 277 g/mol. The van der Waals surface area contributed by atoms with Crippen molar-refractivity contribution in [3.05, 3.63) is 41.0 Å². The summed E-state index contributed by atoms with van der Waals surface area (Å²) < 4.78 is 5.69. The van der Waals surface area contributed by atoms with Crippen LogP contribution in [-0.2, 0) is 0 Å². The number of ether oxygens (including phenoxy) is 1. The standard InChI is InChI=1S/C14H16ClN3O/c1-3-7-16-14-17-8-6-13(18-14)19-12-9-10(2)4-5-11(12)15/h4-6,8-9H,3,7H2,1-2H3,(H,16,17,18). The fraction of sp³-hybridized carbons (Fsp3) is 0.286. The highest BCUT2D eigenvalue weighted by Gasteiger charge is 2.05. The van der Waals surface area contributed by atoms with Gasteiger partial charge in [0.15, 0.2) is 0 Å². The normalized spacial score (nSPS) is 10.3. The Hall–Kier alpha value is -1.81. The molecule has 0 saturated carbocycles. The number of nitrogens with zero attached hydrogens (tertiary/aromatic N) is 2. The van der Waals surface area contributed by atoms with Crippen molar-refractivity contribution >= 4 is 17.5 Å². The minimum atomic E-state index is 0.473. The second-order valence-corrected chi connectivity index (χ2v) is 4.59. The first kappa shape index (κ1) is 13.6. The number of aryl methyl sites for hydroxylation is 1. The van der Waals surface area contributed by atoms with Gasteiger partial charge in [-0.05, 0) is 31.0 Å². The third-order valence-corrected chi connectivity index (χ3v) is 2.78. The summed E-state index contributed by atoms with van der Waals surface area (Å²) >= 11 is 6.09. The molecule has 0 atom stereocenters. The molecule has 2 aromatic rings. The molecule has 0 amide bonds. The van der Waals surface area contributed by atoms with E-state index in [9.17, 15) is 0 Å². The lowest BCUT2D eigenvalue weighted by Gasteiger charge is -2.09. The Morgan fingerprint density at radius 1 is 1.32 bits per heavy atom. The maximum Gasteiger partial charge on any atom is 0.225 e. The Morgan fingerprint density at radius 2 is 2.16 bits per heavy atom. The predicted octanol–water partition coefficient (Wildman–Crippen LogP) is 4.05. The highest BCUT2D eigenvalue weighted by Crippen LogP contribution is 2.29. The van der Waals surface area contributed by atoms with Gasteiger partial charge in [-0.25, -0.2) is 4.98 Å². The second-order valence-electron chi connectivity index (χ2n) is 4.18. The van der Waals surface area contributed by atoms with Crippen molar-refractivity contribution in [3.63, 3.8) is 0 Å². The van der Waals surface area contributed by atoms with E-state index in [0.29, 0.717) is 22.6 Å². The van der Waals surface area contributed by atoms with Gasteiger partial charge >= 0.3 is 0 Å². The third-order valence-electron chi connectivity index (χ3n) is 2.46. The number of aromatic nitrogens is 2. The van der Waals surface area contributed by atoms with Crippen molar-refractivity contribution in [3.8, 4) is 11.6 Å². The van der Waals surface area contributed by atoms with Gasteiger partial charge in [0.1, 0.15) is 5.75 Å². The molecule has 0 radical (unpaired) electrons. The maximum absolute atomic E-state index is 6.09. The number of nitrogens with one attached hydrogen (secondary N) is 1. The summed E-state index contributed by atoms with van der Waals surface area (Å²) in [5.41, 5.74) is 1.08. The molecular formula is C14H16ClN3O. The van der Waals surface area contributed by atoms with Crippen LogP contribution in [0.25, 0.3) is 0 Å². The number of rotatable bonds is 5. The van der Waals surface area contributed by atoms with Crippen molar-refractivity contribution in [2.45, 2.75) is 20.3 Å². The van der Waals surface area contributed by atoms with Gasteiger partial charge in [0.05, 0.1) is 5.02 Å². The highest BCUT2D eigenvalue weighted by atomic mass is 35.5. The van der Waals surface area contributed by atoms with Crippen LogP contribution >= 0.6 is 11.6 Å². The van der Waals surface area contributed by atoms with Crippen molar-refractivity contribution in [2.75, 3.05) is 11.9 Å². The molecule has 0 unspecified atom stereocenters. The summed E-state index contributed by atoms with van der Waals surface area (Å²) in [4.78, 5) is 8.40. The van der Waals surface area contributed by atoms with Crippen molar-refractivity contribution in [2.24, 2.45) is 0 Å². The van der Waals surface area contributed by atoms with E-state index >= 15 is 0 Å². The van der Waals surface area contributed by atoms with Gasteiger partial charge in [0.25, 0.3) is 0 Å². The smallest absolute Gasteiger partial charge is 0.225 e. The van der Waals surface area contributed by atoms with Gasteiger partial charge < -0.3 is 10.1 Å². The molecule has 4 nitrogen and oxygen atoms in total. The molecule has 1 N–H and O–H groups in total.